The zero-order chi connectivity index (χ0) is 29.2. The highest BCUT2D eigenvalue weighted by Crippen LogP contribution is 2.34. The van der Waals surface area contributed by atoms with E-state index in [1.165, 1.54) is 19.1 Å². The maximum Gasteiger partial charge on any atom is 0.344 e. The van der Waals surface area contributed by atoms with Crippen LogP contribution in [0.5, 0.6) is 0 Å². The third kappa shape index (κ3) is 6.50. The minimum atomic E-state index is -1.01. The van der Waals surface area contributed by atoms with Crippen molar-refractivity contribution in [2.45, 2.75) is 59.8 Å². The van der Waals surface area contributed by atoms with Crippen molar-refractivity contribution in [2.75, 3.05) is 6.67 Å². The topological polar surface area (TPSA) is 74.6 Å². The molecule has 0 fully saturated rings. The summed E-state index contributed by atoms with van der Waals surface area (Å²) in [7, 11) is 0. The van der Waals surface area contributed by atoms with Crippen LogP contribution in [0.1, 0.15) is 61.0 Å². The number of hydrogen-bond donors (Lipinski definition) is 0. The first kappa shape index (κ1) is 30.3. The van der Waals surface area contributed by atoms with Crippen LogP contribution < -0.4 is 5.43 Å². The molecule has 1 unspecified atom stereocenters. The molecule has 1 atom stereocenters. The fourth-order valence-electron chi connectivity index (χ4n) is 4.14. The Morgan fingerprint density at radius 3 is 2.28 bits per heavy atom. The number of benzene rings is 2. The quantitative estimate of drug-likeness (QED) is 0.272. The van der Waals surface area contributed by atoms with Gasteiger partial charge in [-0.05, 0) is 71.9 Å². The van der Waals surface area contributed by atoms with Crippen molar-refractivity contribution < 1.29 is 27.8 Å². The number of ether oxygens (including phenoxy) is 2. The van der Waals surface area contributed by atoms with Crippen molar-refractivity contribution >= 4 is 35.1 Å². The summed E-state index contributed by atoms with van der Waals surface area (Å²) in [4.78, 5) is 40.1. The molecule has 0 aliphatic heterocycles. The molecular formula is C29H29Cl2F2NO5. The molecule has 0 saturated carbocycles. The van der Waals surface area contributed by atoms with Crippen LogP contribution in [-0.2, 0) is 16.0 Å². The summed E-state index contributed by atoms with van der Waals surface area (Å²) in [6.07, 6.45) is -1.01. The molecule has 1 heterocycles. The lowest BCUT2D eigenvalue weighted by molar-refractivity contribution is 0.00677. The molecule has 0 amide bonds. The van der Waals surface area contributed by atoms with Gasteiger partial charge in [-0.1, -0.05) is 29.3 Å². The number of aromatic nitrogens is 1. The average Bonchev–Trinajstić information content (AvgIpc) is 2.85. The van der Waals surface area contributed by atoms with Crippen molar-refractivity contribution in [3.8, 4) is 22.4 Å². The van der Waals surface area contributed by atoms with Gasteiger partial charge in [0, 0.05) is 23.4 Å². The van der Waals surface area contributed by atoms with Crippen molar-refractivity contribution in [3.05, 3.63) is 79.3 Å². The van der Waals surface area contributed by atoms with E-state index in [1.807, 2.05) is 0 Å². The first-order valence-corrected chi connectivity index (χ1v) is 13.0. The molecule has 0 aliphatic rings. The van der Waals surface area contributed by atoms with Crippen molar-refractivity contribution in [1.82, 2.24) is 4.57 Å². The minimum Gasteiger partial charge on any atom is -0.456 e. The Balaban J connectivity index is 2.41. The van der Waals surface area contributed by atoms with E-state index in [4.69, 9.17) is 32.7 Å². The maximum absolute atomic E-state index is 15.3. The van der Waals surface area contributed by atoms with E-state index in [0.29, 0.717) is 11.3 Å². The van der Waals surface area contributed by atoms with Crippen LogP contribution >= 0.6 is 23.2 Å². The molecule has 0 N–H and O–H groups in total. The summed E-state index contributed by atoms with van der Waals surface area (Å²) < 4.78 is 40.4. The van der Waals surface area contributed by atoms with Crippen LogP contribution in [0.3, 0.4) is 0 Å². The molecule has 6 nitrogen and oxygen atoms in total. The number of nitrogens with zero attached hydrogens (tertiary/aromatic N) is 1. The highest BCUT2D eigenvalue weighted by molar-refractivity contribution is 6.42. The predicted octanol–water partition coefficient (Wildman–Crippen LogP) is 7.43. The first-order valence-electron chi connectivity index (χ1n) is 12.2. The predicted molar refractivity (Wildman–Crippen MR) is 148 cm³/mol. The van der Waals surface area contributed by atoms with Crippen LogP contribution in [0.25, 0.3) is 22.4 Å². The molecule has 0 aliphatic carbocycles. The lowest BCUT2D eigenvalue weighted by Gasteiger charge is -2.25. The normalized spacial score (nSPS) is 12.3. The standard InChI is InChI=1S/C29H29Cl2F2NO5/c1-7-34-16(3)23(19-12-18(9-11-22(19)33)27(36)38-15(2)14-32)26(35)24(28(37)39-29(4,5)6)25(34)17-8-10-20(30)21(31)13-17/h8-13,15H,7,14H2,1-6H3. The molecule has 39 heavy (non-hydrogen) atoms. The van der Waals surface area contributed by atoms with Gasteiger partial charge in [-0.25, -0.2) is 18.4 Å². The Morgan fingerprint density at radius 1 is 1.05 bits per heavy atom. The highest BCUT2D eigenvalue weighted by Gasteiger charge is 2.30. The van der Waals surface area contributed by atoms with Gasteiger partial charge in [-0.2, -0.15) is 0 Å². The van der Waals surface area contributed by atoms with Crippen LogP contribution in [0.15, 0.2) is 41.2 Å². The van der Waals surface area contributed by atoms with Crippen LogP contribution in [0, 0.1) is 12.7 Å². The van der Waals surface area contributed by atoms with Crippen LogP contribution in [-0.4, -0.2) is 34.9 Å². The summed E-state index contributed by atoms with van der Waals surface area (Å²) in [6.45, 7) is 9.14. The van der Waals surface area contributed by atoms with Crippen molar-refractivity contribution in [1.29, 1.82) is 0 Å². The van der Waals surface area contributed by atoms with Gasteiger partial charge in [-0.15, -0.1) is 0 Å². The molecule has 0 bridgehead atoms. The first-order chi connectivity index (χ1) is 18.2. The van der Waals surface area contributed by atoms with Gasteiger partial charge in [0.2, 0.25) is 5.43 Å². The van der Waals surface area contributed by atoms with E-state index in [0.717, 1.165) is 12.1 Å². The molecule has 1 aromatic heterocycles. The minimum absolute atomic E-state index is 0.0825. The average molecular weight is 580 g/mol. The second-order valence-corrected chi connectivity index (χ2v) is 10.8. The van der Waals surface area contributed by atoms with Gasteiger partial charge in [0.1, 0.15) is 29.8 Å². The third-order valence-electron chi connectivity index (χ3n) is 5.84. The number of halogens is 4. The third-order valence-corrected chi connectivity index (χ3v) is 6.58. The molecule has 2 aromatic carbocycles. The molecule has 10 heteroatoms. The number of pyridine rings is 1. The van der Waals surface area contributed by atoms with Crippen LogP contribution in [0.2, 0.25) is 10.0 Å². The Morgan fingerprint density at radius 2 is 1.72 bits per heavy atom. The number of esters is 2. The SMILES string of the molecule is CCn1c(C)c(-c2cc(C(=O)OC(C)CF)ccc2F)c(=O)c(C(=O)OC(C)(C)C)c1-c1ccc(Cl)c(Cl)c1. The summed E-state index contributed by atoms with van der Waals surface area (Å²) in [6, 6.07) is 8.04. The zero-order valence-corrected chi connectivity index (χ0v) is 24.0. The van der Waals surface area contributed by atoms with Gasteiger partial charge in [0.25, 0.3) is 0 Å². The number of rotatable bonds is 7. The molecule has 0 radical (unpaired) electrons. The zero-order valence-electron chi connectivity index (χ0n) is 22.5. The summed E-state index contributed by atoms with van der Waals surface area (Å²) in [5.41, 5.74) is -1.51. The van der Waals surface area contributed by atoms with Gasteiger partial charge in [0.15, 0.2) is 0 Å². The Kier molecular flexibility index (Phi) is 9.23. The number of carbonyl (C=O) groups excluding carboxylic acids is 2. The number of carbonyl (C=O) groups is 2. The molecule has 208 valence electrons. The summed E-state index contributed by atoms with van der Waals surface area (Å²) >= 11 is 12.4. The molecule has 0 saturated heterocycles. The Hall–Kier alpha value is -3.23. The van der Waals surface area contributed by atoms with Crippen molar-refractivity contribution in [2.24, 2.45) is 0 Å². The van der Waals surface area contributed by atoms with E-state index in [-0.39, 0.29) is 44.5 Å². The van der Waals surface area contributed by atoms with Gasteiger partial charge in [-0.3, -0.25) is 4.79 Å². The maximum atomic E-state index is 15.3. The molecule has 0 spiro atoms. The van der Waals surface area contributed by atoms with E-state index < -0.39 is 41.6 Å². The monoisotopic (exact) mass is 579 g/mol. The lowest BCUT2D eigenvalue weighted by atomic mass is 9.94. The second kappa shape index (κ2) is 11.9. The Labute approximate surface area is 235 Å². The molecular weight excluding hydrogens is 551 g/mol. The smallest absolute Gasteiger partial charge is 0.344 e. The van der Waals surface area contributed by atoms with Crippen LogP contribution in [0.4, 0.5) is 8.78 Å². The molecule has 3 rings (SSSR count). The van der Waals surface area contributed by atoms with Gasteiger partial charge < -0.3 is 14.0 Å². The summed E-state index contributed by atoms with van der Waals surface area (Å²) in [5, 5.41) is 0.492. The van der Waals surface area contributed by atoms with E-state index in [9.17, 15) is 18.8 Å². The fraction of sp³-hybridized carbons (Fsp3) is 0.345. The van der Waals surface area contributed by atoms with E-state index in [1.54, 1.807) is 51.3 Å². The van der Waals surface area contributed by atoms with Gasteiger partial charge >= 0.3 is 11.9 Å². The summed E-state index contributed by atoms with van der Waals surface area (Å²) in [5.74, 6) is -2.59. The fourth-order valence-corrected chi connectivity index (χ4v) is 4.43. The second-order valence-electron chi connectivity index (χ2n) is 9.95. The number of hydrogen-bond acceptors (Lipinski definition) is 5. The number of alkyl halides is 1. The van der Waals surface area contributed by atoms with Gasteiger partial charge in [0.05, 0.1) is 26.9 Å². The molecule has 3 aromatic rings. The lowest BCUT2D eigenvalue weighted by Crippen LogP contribution is -2.31. The van der Waals surface area contributed by atoms with Crippen molar-refractivity contribution in [3.63, 3.8) is 0 Å². The Bertz CT molecular complexity index is 1490. The van der Waals surface area contributed by atoms with E-state index >= 15 is 4.39 Å². The van der Waals surface area contributed by atoms with E-state index in [2.05, 4.69) is 0 Å². The highest BCUT2D eigenvalue weighted by atomic mass is 35.5. The largest absolute Gasteiger partial charge is 0.456 e.